The Morgan fingerprint density at radius 3 is 2.42 bits per heavy atom. The molecule has 130 valence electrons. The molecule has 0 fully saturated rings. The minimum atomic E-state index is -0.0781. The third-order valence-corrected chi connectivity index (χ3v) is 3.92. The second-order valence-corrected chi connectivity index (χ2v) is 7.39. The lowest BCUT2D eigenvalue weighted by Crippen LogP contribution is -2.26. The van der Waals surface area contributed by atoms with E-state index in [-0.39, 0.29) is 11.3 Å². The number of aromatic nitrogens is 1. The molecule has 2 aromatic rings. The van der Waals surface area contributed by atoms with E-state index in [9.17, 15) is 4.79 Å². The molecule has 0 spiro atoms. The van der Waals surface area contributed by atoms with Crippen LogP contribution in [0.1, 0.15) is 55.7 Å². The Kier molecular flexibility index (Phi) is 5.81. The molecule has 1 aromatic heterocycles. The predicted molar refractivity (Wildman–Crippen MR) is 96.2 cm³/mol. The lowest BCUT2D eigenvalue weighted by Gasteiger charge is -2.12. The van der Waals surface area contributed by atoms with Crippen molar-refractivity contribution in [1.82, 2.24) is 10.3 Å². The number of oxazole rings is 1. The number of carbonyl (C=O) groups is 1. The number of hydrogen-bond donors (Lipinski definition) is 1. The van der Waals surface area contributed by atoms with E-state index in [4.69, 9.17) is 4.42 Å². The number of benzene rings is 1. The zero-order valence-corrected chi connectivity index (χ0v) is 15.4. The summed E-state index contributed by atoms with van der Waals surface area (Å²) in [5, 5.41) is 2.97. The molecule has 0 aliphatic heterocycles. The summed E-state index contributed by atoms with van der Waals surface area (Å²) in [7, 11) is 0. The summed E-state index contributed by atoms with van der Waals surface area (Å²) in [5.41, 5.74) is 3.12. The summed E-state index contributed by atoms with van der Waals surface area (Å²) < 4.78 is 5.87. The first kappa shape index (κ1) is 18.2. The zero-order chi connectivity index (χ0) is 17.7. The SMILES string of the molecule is Cc1ccc(CC(=O)NCCCc2oc(C(C)(C)C)nc2C)cc1. The maximum Gasteiger partial charge on any atom is 0.224 e. The van der Waals surface area contributed by atoms with Gasteiger partial charge in [-0.15, -0.1) is 0 Å². The summed E-state index contributed by atoms with van der Waals surface area (Å²) in [6, 6.07) is 8.06. The van der Waals surface area contributed by atoms with Crippen LogP contribution >= 0.6 is 0 Å². The first-order valence-corrected chi connectivity index (χ1v) is 8.55. The Balaban J connectivity index is 1.75. The van der Waals surface area contributed by atoms with Gasteiger partial charge in [0.25, 0.3) is 0 Å². The normalized spacial score (nSPS) is 11.5. The van der Waals surface area contributed by atoms with E-state index in [0.717, 1.165) is 35.7 Å². The number of rotatable bonds is 6. The molecule has 4 nitrogen and oxygen atoms in total. The van der Waals surface area contributed by atoms with E-state index >= 15 is 0 Å². The molecule has 0 aliphatic rings. The van der Waals surface area contributed by atoms with Crippen LogP contribution in [0.15, 0.2) is 28.7 Å². The number of nitrogens with one attached hydrogen (secondary N) is 1. The molecule has 0 bridgehead atoms. The molecule has 1 aromatic carbocycles. The Labute approximate surface area is 144 Å². The Morgan fingerprint density at radius 2 is 1.83 bits per heavy atom. The summed E-state index contributed by atoms with van der Waals surface area (Å²) in [5.74, 6) is 1.76. The van der Waals surface area contributed by atoms with Crippen molar-refractivity contribution in [3.63, 3.8) is 0 Å². The molecule has 4 heteroatoms. The van der Waals surface area contributed by atoms with Gasteiger partial charge in [0.2, 0.25) is 5.91 Å². The maximum atomic E-state index is 12.0. The molecule has 0 saturated heterocycles. The molecule has 2 rings (SSSR count). The van der Waals surface area contributed by atoms with Crippen LogP contribution in [0, 0.1) is 13.8 Å². The van der Waals surface area contributed by atoms with Crippen LogP contribution in [0.4, 0.5) is 0 Å². The van der Waals surface area contributed by atoms with Gasteiger partial charge < -0.3 is 9.73 Å². The van der Waals surface area contributed by atoms with Gasteiger partial charge in [0.05, 0.1) is 12.1 Å². The Hall–Kier alpha value is -2.10. The number of carbonyl (C=O) groups excluding carboxylic acids is 1. The molecule has 0 atom stereocenters. The topological polar surface area (TPSA) is 55.1 Å². The van der Waals surface area contributed by atoms with Crippen molar-refractivity contribution in [2.45, 2.75) is 59.3 Å². The van der Waals surface area contributed by atoms with Gasteiger partial charge in [-0.1, -0.05) is 50.6 Å². The van der Waals surface area contributed by atoms with Crippen LogP contribution < -0.4 is 5.32 Å². The van der Waals surface area contributed by atoms with Gasteiger partial charge in [-0.05, 0) is 25.8 Å². The molecule has 0 radical (unpaired) electrons. The van der Waals surface area contributed by atoms with Crippen LogP contribution in [0.3, 0.4) is 0 Å². The quantitative estimate of drug-likeness (QED) is 0.819. The van der Waals surface area contributed by atoms with Crippen molar-refractivity contribution >= 4 is 5.91 Å². The monoisotopic (exact) mass is 328 g/mol. The smallest absolute Gasteiger partial charge is 0.224 e. The van der Waals surface area contributed by atoms with Gasteiger partial charge in [-0.25, -0.2) is 4.98 Å². The Bertz CT molecular complexity index is 679. The van der Waals surface area contributed by atoms with Crippen molar-refractivity contribution in [3.8, 4) is 0 Å². The van der Waals surface area contributed by atoms with Crippen molar-refractivity contribution < 1.29 is 9.21 Å². The van der Waals surface area contributed by atoms with Gasteiger partial charge in [0.1, 0.15) is 5.76 Å². The first-order chi connectivity index (χ1) is 11.3. The van der Waals surface area contributed by atoms with Crippen molar-refractivity contribution in [1.29, 1.82) is 0 Å². The standard InChI is InChI=1S/C20H28N2O2/c1-14-8-10-16(11-9-14)13-18(23)21-12-6-7-17-15(2)22-19(24-17)20(3,4)5/h8-11H,6-7,12-13H2,1-5H3,(H,21,23). The highest BCUT2D eigenvalue weighted by molar-refractivity contribution is 5.78. The molecule has 0 saturated carbocycles. The summed E-state index contributed by atoms with van der Waals surface area (Å²) in [6.45, 7) is 10.9. The predicted octanol–water partition coefficient (Wildman–Crippen LogP) is 3.88. The third-order valence-electron chi connectivity index (χ3n) is 3.92. The molecule has 0 aliphatic carbocycles. The van der Waals surface area contributed by atoms with Crippen LogP contribution in [0.5, 0.6) is 0 Å². The Morgan fingerprint density at radius 1 is 1.17 bits per heavy atom. The van der Waals surface area contributed by atoms with E-state index in [1.54, 1.807) is 0 Å². The van der Waals surface area contributed by atoms with Crippen molar-refractivity contribution in [2.75, 3.05) is 6.54 Å². The van der Waals surface area contributed by atoms with E-state index in [1.165, 1.54) is 5.56 Å². The van der Waals surface area contributed by atoms with Crippen LogP contribution in [0.2, 0.25) is 0 Å². The summed E-state index contributed by atoms with van der Waals surface area (Å²) in [4.78, 5) is 16.5. The highest BCUT2D eigenvalue weighted by Crippen LogP contribution is 2.24. The fourth-order valence-electron chi connectivity index (χ4n) is 2.41. The molecular weight excluding hydrogens is 300 g/mol. The first-order valence-electron chi connectivity index (χ1n) is 8.55. The average Bonchev–Trinajstić information content (AvgIpc) is 2.87. The van der Waals surface area contributed by atoms with Gasteiger partial charge in [-0.2, -0.15) is 0 Å². The zero-order valence-electron chi connectivity index (χ0n) is 15.4. The molecule has 0 unspecified atom stereocenters. The third kappa shape index (κ3) is 5.22. The van der Waals surface area contributed by atoms with Crippen LogP contribution in [0.25, 0.3) is 0 Å². The summed E-state index contributed by atoms with van der Waals surface area (Å²) >= 11 is 0. The van der Waals surface area contributed by atoms with Crippen LogP contribution in [-0.2, 0) is 23.1 Å². The highest BCUT2D eigenvalue weighted by Gasteiger charge is 2.21. The fraction of sp³-hybridized carbons (Fsp3) is 0.500. The van der Waals surface area contributed by atoms with Gasteiger partial charge >= 0.3 is 0 Å². The summed E-state index contributed by atoms with van der Waals surface area (Å²) in [6.07, 6.45) is 2.06. The minimum absolute atomic E-state index is 0.0588. The van der Waals surface area contributed by atoms with Crippen LogP contribution in [-0.4, -0.2) is 17.4 Å². The minimum Gasteiger partial charge on any atom is -0.445 e. The van der Waals surface area contributed by atoms with Crippen molar-refractivity contribution in [3.05, 3.63) is 52.7 Å². The largest absolute Gasteiger partial charge is 0.445 e. The molecule has 24 heavy (non-hydrogen) atoms. The molecular formula is C20H28N2O2. The maximum absolute atomic E-state index is 12.0. The fourth-order valence-corrected chi connectivity index (χ4v) is 2.41. The van der Waals surface area contributed by atoms with E-state index < -0.39 is 0 Å². The molecule has 1 heterocycles. The van der Waals surface area contributed by atoms with Gasteiger partial charge in [0, 0.05) is 18.4 Å². The van der Waals surface area contributed by atoms with E-state index in [1.807, 2.05) is 38.1 Å². The highest BCUT2D eigenvalue weighted by atomic mass is 16.4. The molecule has 1 N–H and O–H groups in total. The van der Waals surface area contributed by atoms with Crippen molar-refractivity contribution in [2.24, 2.45) is 0 Å². The average molecular weight is 328 g/mol. The number of aryl methyl sites for hydroxylation is 3. The van der Waals surface area contributed by atoms with E-state index in [2.05, 4.69) is 31.1 Å². The molecule has 1 amide bonds. The number of nitrogens with zero attached hydrogens (tertiary/aromatic N) is 1. The van der Waals surface area contributed by atoms with Gasteiger partial charge in [0.15, 0.2) is 5.89 Å². The lowest BCUT2D eigenvalue weighted by molar-refractivity contribution is -0.120. The lowest BCUT2D eigenvalue weighted by atomic mass is 9.97. The number of hydrogen-bond acceptors (Lipinski definition) is 3. The second kappa shape index (κ2) is 7.65. The van der Waals surface area contributed by atoms with E-state index in [0.29, 0.717) is 13.0 Å². The van der Waals surface area contributed by atoms with Gasteiger partial charge in [-0.3, -0.25) is 4.79 Å². The number of amides is 1. The second-order valence-electron chi connectivity index (χ2n) is 7.39.